The predicted octanol–water partition coefficient (Wildman–Crippen LogP) is 2.15. The Balaban J connectivity index is 1.97. The molecule has 0 spiro atoms. The van der Waals surface area contributed by atoms with Crippen molar-refractivity contribution in [3.05, 3.63) is 53.1 Å². The highest BCUT2D eigenvalue weighted by atomic mass is 35.5. The van der Waals surface area contributed by atoms with E-state index in [0.29, 0.717) is 11.4 Å². The van der Waals surface area contributed by atoms with E-state index in [0.717, 1.165) is 0 Å². The van der Waals surface area contributed by atoms with Crippen molar-refractivity contribution in [1.29, 1.82) is 0 Å². The minimum atomic E-state index is -1.16. The number of amides is 2. The molecule has 1 aromatic carbocycles. The Morgan fingerprint density at radius 1 is 1.29 bits per heavy atom. The highest BCUT2D eigenvalue weighted by Gasteiger charge is 2.10. The standard InChI is InChI=1S/C13H11ClN4O3/c14-11-2-1-8(5-10(11)12(19)20)18-13(21)16-6-9-3-4-15-7-17-9/h1-5,7H,6H2,(H,19,20)(H2,16,18,21). The van der Waals surface area contributed by atoms with E-state index < -0.39 is 12.0 Å². The van der Waals surface area contributed by atoms with Crippen LogP contribution in [-0.4, -0.2) is 27.1 Å². The molecule has 0 bridgehead atoms. The summed E-state index contributed by atoms with van der Waals surface area (Å²) in [5.41, 5.74) is 0.907. The van der Waals surface area contributed by atoms with Crippen molar-refractivity contribution in [2.45, 2.75) is 6.54 Å². The van der Waals surface area contributed by atoms with E-state index in [2.05, 4.69) is 20.6 Å². The van der Waals surface area contributed by atoms with E-state index in [9.17, 15) is 9.59 Å². The summed E-state index contributed by atoms with van der Waals surface area (Å²) in [6, 6.07) is 5.40. The number of aromatic carboxylic acids is 1. The molecule has 0 unspecified atom stereocenters. The predicted molar refractivity (Wildman–Crippen MR) is 76.3 cm³/mol. The minimum Gasteiger partial charge on any atom is -0.478 e. The lowest BCUT2D eigenvalue weighted by atomic mass is 10.2. The number of halogens is 1. The van der Waals surface area contributed by atoms with Crippen LogP contribution in [0.15, 0.2) is 36.8 Å². The number of carbonyl (C=O) groups is 2. The summed E-state index contributed by atoms with van der Waals surface area (Å²) in [7, 11) is 0. The van der Waals surface area contributed by atoms with Gasteiger partial charge in [0.05, 0.1) is 22.8 Å². The first-order chi connectivity index (χ1) is 10.1. The Hall–Kier alpha value is -2.67. The highest BCUT2D eigenvalue weighted by Crippen LogP contribution is 2.20. The van der Waals surface area contributed by atoms with Gasteiger partial charge in [0.25, 0.3) is 0 Å². The van der Waals surface area contributed by atoms with Gasteiger partial charge in [-0.1, -0.05) is 11.6 Å². The first kappa shape index (κ1) is 14.7. The molecule has 21 heavy (non-hydrogen) atoms. The number of carbonyl (C=O) groups excluding carboxylic acids is 1. The molecule has 8 heteroatoms. The van der Waals surface area contributed by atoms with Crippen LogP contribution in [0.1, 0.15) is 16.1 Å². The molecule has 0 radical (unpaired) electrons. The molecule has 0 atom stereocenters. The van der Waals surface area contributed by atoms with Gasteiger partial charge in [-0.2, -0.15) is 0 Å². The van der Waals surface area contributed by atoms with Crippen molar-refractivity contribution >= 4 is 29.3 Å². The smallest absolute Gasteiger partial charge is 0.337 e. The van der Waals surface area contributed by atoms with Gasteiger partial charge in [-0.3, -0.25) is 0 Å². The SMILES string of the molecule is O=C(NCc1ccncn1)Nc1ccc(Cl)c(C(=O)O)c1. The number of nitrogens with zero attached hydrogens (tertiary/aromatic N) is 2. The summed E-state index contributed by atoms with van der Waals surface area (Å²) >= 11 is 5.75. The quantitative estimate of drug-likeness (QED) is 0.803. The number of nitrogens with one attached hydrogen (secondary N) is 2. The van der Waals surface area contributed by atoms with Gasteiger partial charge in [0.1, 0.15) is 6.33 Å². The van der Waals surface area contributed by atoms with Gasteiger partial charge in [0.15, 0.2) is 0 Å². The Kier molecular flexibility index (Phi) is 4.68. The lowest BCUT2D eigenvalue weighted by molar-refractivity contribution is 0.0697. The zero-order chi connectivity index (χ0) is 15.2. The Bertz CT molecular complexity index is 664. The van der Waals surface area contributed by atoms with Crippen LogP contribution in [0, 0.1) is 0 Å². The molecule has 108 valence electrons. The largest absolute Gasteiger partial charge is 0.478 e. The number of aromatic nitrogens is 2. The highest BCUT2D eigenvalue weighted by molar-refractivity contribution is 6.33. The Morgan fingerprint density at radius 3 is 2.76 bits per heavy atom. The fourth-order valence-electron chi connectivity index (χ4n) is 1.54. The Morgan fingerprint density at radius 2 is 2.10 bits per heavy atom. The topological polar surface area (TPSA) is 104 Å². The number of urea groups is 1. The molecule has 0 aliphatic carbocycles. The second kappa shape index (κ2) is 6.67. The van der Waals surface area contributed by atoms with Gasteiger partial charge >= 0.3 is 12.0 Å². The van der Waals surface area contributed by atoms with Crippen LogP contribution in [0.25, 0.3) is 0 Å². The number of rotatable bonds is 4. The third-order valence-corrected chi connectivity index (χ3v) is 2.86. The van der Waals surface area contributed by atoms with E-state index in [4.69, 9.17) is 16.7 Å². The zero-order valence-corrected chi connectivity index (χ0v) is 11.5. The molecule has 0 aliphatic rings. The summed E-state index contributed by atoms with van der Waals surface area (Å²) in [5, 5.41) is 14.2. The van der Waals surface area contributed by atoms with E-state index in [1.807, 2.05) is 0 Å². The molecule has 0 fully saturated rings. The third kappa shape index (κ3) is 4.15. The van der Waals surface area contributed by atoms with Crippen molar-refractivity contribution < 1.29 is 14.7 Å². The molecule has 1 aromatic heterocycles. The summed E-state index contributed by atoms with van der Waals surface area (Å²) in [6.07, 6.45) is 2.95. The lowest BCUT2D eigenvalue weighted by Gasteiger charge is -2.08. The van der Waals surface area contributed by atoms with E-state index in [1.165, 1.54) is 24.5 Å². The van der Waals surface area contributed by atoms with Crippen LogP contribution in [0.2, 0.25) is 5.02 Å². The molecule has 0 saturated heterocycles. The van der Waals surface area contributed by atoms with Crippen LogP contribution < -0.4 is 10.6 Å². The van der Waals surface area contributed by atoms with Crippen molar-refractivity contribution in [3.63, 3.8) is 0 Å². The number of benzene rings is 1. The number of anilines is 1. The summed E-state index contributed by atoms with van der Waals surface area (Å²) in [4.78, 5) is 30.4. The molecule has 2 aromatic rings. The maximum atomic E-state index is 11.7. The number of carboxylic acids is 1. The van der Waals surface area contributed by atoms with Crippen LogP contribution in [0.4, 0.5) is 10.5 Å². The molecular weight excluding hydrogens is 296 g/mol. The first-order valence-electron chi connectivity index (χ1n) is 5.89. The first-order valence-corrected chi connectivity index (χ1v) is 6.26. The summed E-state index contributed by atoms with van der Waals surface area (Å²) in [6.45, 7) is 0.230. The van der Waals surface area contributed by atoms with E-state index in [1.54, 1.807) is 12.3 Å². The monoisotopic (exact) mass is 306 g/mol. The maximum absolute atomic E-state index is 11.7. The van der Waals surface area contributed by atoms with Gasteiger partial charge in [-0.05, 0) is 24.3 Å². The van der Waals surface area contributed by atoms with Gasteiger partial charge in [-0.15, -0.1) is 0 Å². The van der Waals surface area contributed by atoms with Gasteiger partial charge < -0.3 is 15.7 Å². The van der Waals surface area contributed by atoms with Gasteiger partial charge in [-0.25, -0.2) is 19.6 Å². The maximum Gasteiger partial charge on any atom is 0.337 e. The average Bonchev–Trinajstić information content (AvgIpc) is 2.48. The van der Waals surface area contributed by atoms with Crippen molar-refractivity contribution in [1.82, 2.24) is 15.3 Å². The van der Waals surface area contributed by atoms with Gasteiger partial charge in [0.2, 0.25) is 0 Å². The van der Waals surface area contributed by atoms with E-state index >= 15 is 0 Å². The average molecular weight is 307 g/mol. The second-order valence-electron chi connectivity index (χ2n) is 4.01. The van der Waals surface area contributed by atoms with Crippen LogP contribution in [0.5, 0.6) is 0 Å². The summed E-state index contributed by atoms with van der Waals surface area (Å²) < 4.78 is 0. The summed E-state index contributed by atoms with van der Waals surface area (Å²) in [5.74, 6) is -1.16. The second-order valence-corrected chi connectivity index (χ2v) is 4.42. The fraction of sp³-hybridized carbons (Fsp3) is 0.0769. The molecule has 2 rings (SSSR count). The third-order valence-electron chi connectivity index (χ3n) is 2.53. The van der Waals surface area contributed by atoms with Crippen molar-refractivity contribution in [2.75, 3.05) is 5.32 Å². The number of hydrogen-bond donors (Lipinski definition) is 3. The van der Waals surface area contributed by atoms with Crippen molar-refractivity contribution in [2.24, 2.45) is 0 Å². The van der Waals surface area contributed by atoms with Crippen LogP contribution in [-0.2, 0) is 6.54 Å². The molecule has 0 aliphatic heterocycles. The number of hydrogen-bond acceptors (Lipinski definition) is 4. The fourth-order valence-corrected chi connectivity index (χ4v) is 1.73. The van der Waals surface area contributed by atoms with Crippen LogP contribution in [0.3, 0.4) is 0 Å². The molecule has 2 amide bonds. The molecule has 7 nitrogen and oxygen atoms in total. The Labute approximate surface area is 125 Å². The molecule has 0 saturated carbocycles. The zero-order valence-electron chi connectivity index (χ0n) is 10.7. The minimum absolute atomic E-state index is 0.0785. The molecular formula is C13H11ClN4O3. The molecule has 1 heterocycles. The lowest BCUT2D eigenvalue weighted by Crippen LogP contribution is -2.28. The number of carboxylic acid groups (broad SMARTS) is 1. The van der Waals surface area contributed by atoms with E-state index in [-0.39, 0.29) is 17.1 Å². The van der Waals surface area contributed by atoms with Crippen LogP contribution >= 0.6 is 11.6 Å². The normalized spacial score (nSPS) is 9.95. The van der Waals surface area contributed by atoms with Crippen molar-refractivity contribution in [3.8, 4) is 0 Å². The van der Waals surface area contributed by atoms with Gasteiger partial charge in [0, 0.05) is 11.9 Å². The molecule has 3 N–H and O–H groups in total.